The highest BCUT2D eigenvalue weighted by molar-refractivity contribution is 5.93. The Kier molecular flexibility index (Phi) is 5.96. The molecule has 0 aromatic carbocycles. The molecule has 1 aliphatic carbocycles. The second-order valence-corrected chi connectivity index (χ2v) is 6.23. The van der Waals surface area contributed by atoms with Crippen molar-refractivity contribution in [2.75, 3.05) is 11.9 Å². The highest BCUT2D eigenvalue weighted by Gasteiger charge is 2.16. The lowest BCUT2D eigenvalue weighted by atomic mass is 10.1. The molecule has 1 aromatic heterocycles. The molecule has 116 valence electrons. The molecule has 2 rings (SSSR count). The molecular weight excluding hydrogens is 264 g/mol. The van der Waals surface area contributed by atoms with E-state index in [-0.39, 0.29) is 5.91 Å². The lowest BCUT2D eigenvalue weighted by Gasteiger charge is -2.16. The largest absolute Gasteiger partial charge is 0.354 e. The van der Waals surface area contributed by atoms with Gasteiger partial charge >= 0.3 is 0 Å². The summed E-state index contributed by atoms with van der Waals surface area (Å²) in [4.78, 5) is 20.6. The number of carbonyl (C=O) groups is 1. The van der Waals surface area contributed by atoms with Gasteiger partial charge in [-0.1, -0.05) is 39.5 Å². The molecule has 1 heterocycles. The minimum absolute atomic E-state index is 0.0580. The van der Waals surface area contributed by atoms with Gasteiger partial charge in [-0.15, -0.1) is 0 Å². The van der Waals surface area contributed by atoms with E-state index in [2.05, 4.69) is 34.4 Å². The van der Waals surface area contributed by atoms with Crippen molar-refractivity contribution in [1.82, 2.24) is 15.3 Å². The van der Waals surface area contributed by atoms with Crippen molar-refractivity contribution in [2.24, 2.45) is 5.92 Å². The number of anilines is 1. The van der Waals surface area contributed by atoms with Crippen LogP contribution in [0.3, 0.4) is 0 Å². The van der Waals surface area contributed by atoms with Crippen molar-refractivity contribution in [3.05, 3.63) is 18.0 Å². The van der Waals surface area contributed by atoms with Crippen LogP contribution in [0.4, 0.5) is 5.95 Å². The van der Waals surface area contributed by atoms with E-state index in [9.17, 15) is 4.79 Å². The first-order valence-electron chi connectivity index (χ1n) is 8.02. The van der Waals surface area contributed by atoms with Gasteiger partial charge in [0.25, 0.3) is 5.91 Å². The van der Waals surface area contributed by atoms with Gasteiger partial charge in [-0.25, -0.2) is 9.97 Å². The molecule has 0 bridgehead atoms. The second kappa shape index (κ2) is 7.96. The van der Waals surface area contributed by atoms with Gasteiger partial charge in [0.15, 0.2) is 0 Å². The van der Waals surface area contributed by atoms with Crippen molar-refractivity contribution >= 4 is 11.9 Å². The number of amides is 1. The van der Waals surface area contributed by atoms with Crippen molar-refractivity contribution in [2.45, 2.75) is 58.4 Å². The number of carbonyl (C=O) groups excluding carboxylic acids is 1. The number of hydrogen-bond donors (Lipinski definition) is 2. The first-order chi connectivity index (χ1) is 10.1. The minimum Gasteiger partial charge on any atom is -0.354 e. The third-order valence-electron chi connectivity index (χ3n) is 3.77. The van der Waals surface area contributed by atoms with Gasteiger partial charge in [0, 0.05) is 25.0 Å². The molecule has 1 fully saturated rings. The molecule has 5 heteroatoms. The third-order valence-corrected chi connectivity index (χ3v) is 3.77. The van der Waals surface area contributed by atoms with E-state index in [1.807, 2.05) is 0 Å². The van der Waals surface area contributed by atoms with Crippen molar-refractivity contribution in [3.63, 3.8) is 0 Å². The molecule has 0 radical (unpaired) electrons. The summed E-state index contributed by atoms with van der Waals surface area (Å²) in [7, 11) is 0. The van der Waals surface area contributed by atoms with E-state index < -0.39 is 0 Å². The minimum atomic E-state index is -0.0580. The molecule has 2 N–H and O–H groups in total. The normalized spacial score (nSPS) is 16.5. The summed E-state index contributed by atoms with van der Waals surface area (Å²) >= 11 is 0. The topological polar surface area (TPSA) is 66.9 Å². The van der Waals surface area contributed by atoms with E-state index in [4.69, 9.17) is 0 Å². The Balaban J connectivity index is 1.86. The number of hydrogen-bond acceptors (Lipinski definition) is 4. The van der Waals surface area contributed by atoms with Crippen LogP contribution >= 0.6 is 0 Å². The lowest BCUT2D eigenvalue weighted by molar-refractivity contribution is 0.0932. The average Bonchev–Trinajstić information content (AvgIpc) is 2.74. The van der Waals surface area contributed by atoms with Crippen LogP contribution in [0.2, 0.25) is 0 Å². The molecule has 1 saturated carbocycles. The summed E-state index contributed by atoms with van der Waals surface area (Å²) in [5.74, 6) is 1.05. The highest BCUT2D eigenvalue weighted by atomic mass is 16.1. The second-order valence-electron chi connectivity index (χ2n) is 6.23. The summed E-state index contributed by atoms with van der Waals surface area (Å²) in [5.41, 5.74) is 0.536. The van der Waals surface area contributed by atoms with Gasteiger partial charge in [0.1, 0.15) is 0 Å². The monoisotopic (exact) mass is 290 g/mol. The zero-order valence-corrected chi connectivity index (χ0v) is 13.1. The zero-order chi connectivity index (χ0) is 15.1. The molecule has 0 aliphatic heterocycles. The summed E-state index contributed by atoms with van der Waals surface area (Å²) in [6.45, 7) is 5.08. The van der Waals surface area contributed by atoms with Crippen LogP contribution in [-0.2, 0) is 0 Å². The van der Waals surface area contributed by atoms with Crippen LogP contribution in [0.15, 0.2) is 12.4 Å². The Morgan fingerprint density at radius 2 is 1.81 bits per heavy atom. The molecule has 0 spiro atoms. The summed E-state index contributed by atoms with van der Waals surface area (Å²) in [6.07, 6.45) is 10.3. The van der Waals surface area contributed by atoms with Gasteiger partial charge in [-0.3, -0.25) is 4.79 Å². The predicted octanol–water partition coefficient (Wildman–Crippen LogP) is 3.00. The molecule has 5 nitrogen and oxygen atoms in total. The van der Waals surface area contributed by atoms with E-state index in [1.165, 1.54) is 25.7 Å². The Labute approximate surface area is 127 Å². The average molecular weight is 290 g/mol. The highest BCUT2D eigenvalue weighted by Crippen LogP contribution is 2.17. The van der Waals surface area contributed by atoms with Crippen LogP contribution in [0.25, 0.3) is 0 Å². The quantitative estimate of drug-likeness (QED) is 0.818. The fourth-order valence-electron chi connectivity index (χ4n) is 2.52. The number of nitrogens with one attached hydrogen (secondary N) is 2. The molecule has 1 aromatic rings. The summed E-state index contributed by atoms with van der Waals surface area (Å²) in [5, 5.41) is 6.25. The smallest absolute Gasteiger partial charge is 0.254 e. The predicted molar refractivity (Wildman–Crippen MR) is 84.3 cm³/mol. The Morgan fingerprint density at radius 1 is 1.19 bits per heavy atom. The van der Waals surface area contributed by atoms with Gasteiger partial charge in [0.05, 0.1) is 5.56 Å². The van der Waals surface area contributed by atoms with Crippen LogP contribution in [0.1, 0.15) is 62.7 Å². The molecule has 0 atom stereocenters. The third kappa shape index (κ3) is 5.33. The Morgan fingerprint density at radius 3 is 2.38 bits per heavy atom. The van der Waals surface area contributed by atoms with Crippen molar-refractivity contribution < 1.29 is 4.79 Å². The standard InChI is InChI=1S/C16H26N4O/c1-12(2)9-17-16-18-10-13(11-19-16)15(21)20-14-7-5-3-4-6-8-14/h10-12,14H,3-9H2,1-2H3,(H,20,21)(H,17,18,19). The van der Waals surface area contributed by atoms with Crippen molar-refractivity contribution in [1.29, 1.82) is 0 Å². The van der Waals surface area contributed by atoms with Gasteiger partial charge in [-0.05, 0) is 18.8 Å². The maximum Gasteiger partial charge on any atom is 0.254 e. The maximum atomic E-state index is 12.2. The first kappa shape index (κ1) is 15.7. The zero-order valence-electron chi connectivity index (χ0n) is 13.1. The SMILES string of the molecule is CC(C)CNc1ncc(C(=O)NC2CCCCCC2)cn1. The first-order valence-corrected chi connectivity index (χ1v) is 8.02. The Bertz CT molecular complexity index is 436. The van der Waals surface area contributed by atoms with E-state index in [1.54, 1.807) is 12.4 Å². The molecule has 0 unspecified atom stereocenters. The van der Waals surface area contributed by atoms with Gasteiger partial charge in [0.2, 0.25) is 5.95 Å². The van der Waals surface area contributed by atoms with Crippen LogP contribution in [-0.4, -0.2) is 28.5 Å². The Hall–Kier alpha value is -1.65. The number of rotatable bonds is 5. The van der Waals surface area contributed by atoms with Crippen molar-refractivity contribution in [3.8, 4) is 0 Å². The fraction of sp³-hybridized carbons (Fsp3) is 0.688. The molecule has 21 heavy (non-hydrogen) atoms. The van der Waals surface area contributed by atoms with E-state index in [0.29, 0.717) is 23.5 Å². The number of nitrogens with zero attached hydrogens (tertiary/aromatic N) is 2. The number of aromatic nitrogens is 2. The van der Waals surface area contributed by atoms with Gasteiger partial charge in [-0.2, -0.15) is 0 Å². The summed E-state index contributed by atoms with van der Waals surface area (Å²) in [6, 6.07) is 0.304. The van der Waals surface area contributed by atoms with Crippen LogP contribution in [0, 0.1) is 5.92 Å². The maximum absolute atomic E-state index is 12.2. The molecule has 1 aliphatic rings. The molecule has 1 amide bonds. The van der Waals surface area contributed by atoms with E-state index in [0.717, 1.165) is 19.4 Å². The van der Waals surface area contributed by atoms with Crippen LogP contribution in [0.5, 0.6) is 0 Å². The fourth-order valence-corrected chi connectivity index (χ4v) is 2.52. The van der Waals surface area contributed by atoms with E-state index >= 15 is 0 Å². The lowest BCUT2D eigenvalue weighted by Crippen LogP contribution is -2.34. The molecular formula is C16H26N4O. The van der Waals surface area contributed by atoms with Crippen LogP contribution < -0.4 is 10.6 Å². The van der Waals surface area contributed by atoms with Gasteiger partial charge < -0.3 is 10.6 Å². The molecule has 0 saturated heterocycles. The summed E-state index contributed by atoms with van der Waals surface area (Å²) < 4.78 is 0.